The highest BCUT2D eigenvalue weighted by Gasteiger charge is 1.97. The van der Waals surface area contributed by atoms with E-state index in [-0.39, 0.29) is 6.04 Å². The van der Waals surface area contributed by atoms with Crippen molar-refractivity contribution >= 4 is 12.6 Å². The Morgan fingerprint density at radius 2 is 1.43 bits per heavy atom. The normalized spacial score (nSPS) is 10.7. The average Bonchev–Trinajstić information content (AvgIpc) is 2.57. The Morgan fingerprint density at radius 3 is 1.87 bits per heavy atom. The molecule has 0 aliphatic carbocycles. The fourth-order valence-electron chi connectivity index (χ4n) is 2.04. The highest BCUT2D eigenvalue weighted by molar-refractivity contribution is 7.79. The number of rotatable bonds is 4. The quantitative estimate of drug-likeness (QED) is 0.659. The summed E-state index contributed by atoms with van der Waals surface area (Å²) in [5.74, 6) is 7.21. The van der Waals surface area contributed by atoms with Crippen LogP contribution in [0.3, 0.4) is 0 Å². The smallest absolute Gasteiger partial charge is 0.119 e. The van der Waals surface area contributed by atoms with Crippen molar-refractivity contribution in [2.24, 2.45) is 5.73 Å². The summed E-state index contributed by atoms with van der Waals surface area (Å²) < 4.78 is 5.41. The number of hydrogen-bond donors (Lipinski definition) is 2. The van der Waals surface area contributed by atoms with Crippen molar-refractivity contribution in [1.29, 1.82) is 0 Å². The van der Waals surface area contributed by atoms with Crippen molar-refractivity contribution in [2.75, 3.05) is 12.9 Å². The molecule has 3 heteroatoms. The van der Waals surface area contributed by atoms with Crippen LogP contribution in [0, 0.1) is 11.8 Å². The number of hydrogen-bond acceptors (Lipinski definition) is 3. The molecule has 2 rings (SSSR count). The van der Waals surface area contributed by atoms with E-state index in [1.165, 1.54) is 5.56 Å². The van der Waals surface area contributed by atoms with Crippen molar-refractivity contribution in [3.8, 4) is 17.6 Å². The minimum atomic E-state index is 0.186. The lowest BCUT2D eigenvalue weighted by atomic mass is 10.1. The van der Waals surface area contributed by atoms with E-state index in [2.05, 4.69) is 36.6 Å². The molecule has 23 heavy (non-hydrogen) atoms. The molecule has 1 unspecified atom stereocenters. The van der Waals surface area contributed by atoms with E-state index in [4.69, 9.17) is 10.5 Å². The van der Waals surface area contributed by atoms with Crippen LogP contribution in [-0.2, 0) is 6.42 Å². The Hall–Kier alpha value is -1.89. The predicted molar refractivity (Wildman–Crippen MR) is 102 cm³/mol. The highest BCUT2D eigenvalue weighted by Crippen LogP contribution is 2.11. The number of ether oxygens (including phenoxy) is 1. The molecule has 0 spiro atoms. The van der Waals surface area contributed by atoms with E-state index >= 15 is 0 Å². The third kappa shape index (κ3) is 7.27. The second-order valence-corrected chi connectivity index (χ2v) is 5.09. The Morgan fingerprint density at radius 1 is 0.957 bits per heavy atom. The van der Waals surface area contributed by atoms with Gasteiger partial charge in [0.2, 0.25) is 0 Å². The molecule has 0 bridgehead atoms. The van der Waals surface area contributed by atoms with Crippen LogP contribution in [0.15, 0.2) is 48.5 Å². The lowest BCUT2D eigenvalue weighted by Gasteiger charge is -2.04. The van der Waals surface area contributed by atoms with Gasteiger partial charge in [-0.3, -0.25) is 0 Å². The van der Waals surface area contributed by atoms with Gasteiger partial charge >= 0.3 is 0 Å². The zero-order valence-electron chi connectivity index (χ0n) is 14.0. The van der Waals surface area contributed by atoms with Gasteiger partial charge in [0.15, 0.2) is 0 Å². The molecule has 2 aromatic rings. The molecular formula is C20H25NOS. The SMILES string of the molecule is CCOc1ccc(C#Cc2ccc(CC(C)N)cc2)cc1.CS. The molecule has 2 nitrogen and oxygen atoms in total. The molecule has 0 aromatic heterocycles. The van der Waals surface area contributed by atoms with Gasteiger partial charge in [0.1, 0.15) is 5.75 Å². The average molecular weight is 327 g/mol. The first-order valence-corrected chi connectivity index (χ1v) is 8.61. The maximum absolute atomic E-state index is 5.79. The first-order chi connectivity index (χ1) is 11.2. The van der Waals surface area contributed by atoms with Crippen LogP contribution in [0.2, 0.25) is 0 Å². The van der Waals surface area contributed by atoms with E-state index in [9.17, 15) is 0 Å². The minimum Gasteiger partial charge on any atom is -0.494 e. The van der Waals surface area contributed by atoms with Gasteiger partial charge in [-0.15, -0.1) is 0 Å². The first-order valence-electron chi connectivity index (χ1n) is 7.71. The lowest BCUT2D eigenvalue weighted by molar-refractivity contribution is 0.340. The Kier molecular flexibility index (Phi) is 8.97. The number of benzene rings is 2. The van der Waals surface area contributed by atoms with Gasteiger partial charge in [-0.2, -0.15) is 12.6 Å². The van der Waals surface area contributed by atoms with Gasteiger partial charge in [0.25, 0.3) is 0 Å². The summed E-state index contributed by atoms with van der Waals surface area (Å²) in [5.41, 5.74) is 9.04. The van der Waals surface area contributed by atoms with E-state index in [1.807, 2.05) is 50.2 Å². The summed E-state index contributed by atoms with van der Waals surface area (Å²) >= 11 is 3.53. The molecule has 0 aliphatic rings. The summed E-state index contributed by atoms with van der Waals surface area (Å²) in [6.07, 6.45) is 2.59. The summed E-state index contributed by atoms with van der Waals surface area (Å²) in [7, 11) is 0. The number of nitrogens with two attached hydrogens (primary N) is 1. The molecule has 2 N–H and O–H groups in total. The molecule has 0 saturated heterocycles. The minimum absolute atomic E-state index is 0.186. The van der Waals surface area contributed by atoms with Gasteiger partial charge in [-0.25, -0.2) is 0 Å². The molecular weight excluding hydrogens is 302 g/mol. The van der Waals surface area contributed by atoms with Gasteiger partial charge in [-0.05, 0) is 68.5 Å². The van der Waals surface area contributed by atoms with Crippen LogP contribution in [0.1, 0.15) is 30.5 Å². The molecule has 0 saturated carbocycles. The molecule has 0 radical (unpaired) electrons. The van der Waals surface area contributed by atoms with Crippen molar-refractivity contribution < 1.29 is 4.74 Å². The molecule has 0 fully saturated rings. The molecule has 0 heterocycles. The van der Waals surface area contributed by atoms with Crippen molar-refractivity contribution in [2.45, 2.75) is 26.3 Å². The molecule has 122 valence electrons. The van der Waals surface area contributed by atoms with Crippen LogP contribution >= 0.6 is 12.6 Å². The van der Waals surface area contributed by atoms with Crippen molar-refractivity contribution in [3.63, 3.8) is 0 Å². The van der Waals surface area contributed by atoms with Crippen molar-refractivity contribution in [3.05, 3.63) is 65.2 Å². The van der Waals surface area contributed by atoms with E-state index in [1.54, 1.807) is 6.26 Å². The monoisotopic (exact) mass is 327 g/mol. The molecule has 0 amide bonds. The second-order valence-electron chi connectivity index (χ2n) is 5.09. The maximum Gasteiger partial charge on any atom is 0.119 e. The van der Waals surface area contributed by atoms with Crippen LogP contribution in [0.5, 0.6) is 5.75 Å². The second kappa shape index (κ2) is 10.8. The van der Waals surface area contributed by atoms with Crippen LogP contribution in [0.25, 0.3) is 0 Å². The third-order valence-corrected chi connectivity index (χ3v) is 3.03. The number of thiol groups is 1. The van der Waals surface area contributed by atoms with Gasteiger partial charge < -0.3 is 10.5 Å². The van der Waals surface area contributed by atoms with Gasteiger partial charge in [0.05, 0.1) is 6.61 Å². The third-order valence-electron chi connectivity index (χ3n) is 3.03. The van der Waals surface area contributed by atoms with E-state index in [0.29, 0.717) is 6.61 Å². The molecule has 0 aliphatic heterocycles. The lowest BCUT2D eigenvalue weighted by Crippen LogP contribution is -2.17. The van der Waals surface area contributed by atoms with Gasteiger partial charge in [-0.1, -0.05) is 24.0 Å². The van der Waals surface area contributed by atoms with E-state index in [0.717, 1.165) is 23.3 Å². The summed E-state index contributed by atoms with van der Waals surface area (Å²) in [5, 5.41) is 0. The zero-order chi connectivity index (χ0) is 17.1. The Balaban J connectivity index is 0.00000127. The molecule has 1 atom stereocenters. The maximum atomic E-state index is 5.79. The first kappa shape index (κ1) is 19.2. The zero-order valence-corrected chi connectivity index (χ0v) is 14.9. The largest absolute Gasteiger partial charge is 0.494 e. The van der Waals surface area contributed by atoms with Crippen molar-refractivity contribution in [1.82, 2.24) is 0 Å². The highest BCUT2D eigenvalue weighted by atomic mass is 32.1. The van der Waals surface area contributed by atoms with Crippen LogP contribution in [-0.4, -0.2) is 18.9 Å². The van der Waals surface area contributed by atoms with Gasteiger partial charge in [0, 0.05) is 17.2 Å². The predicted octanol–water partition coefficient (Wildman–Crippen LogP) is 3.92. The fraction of sp³-hybridized carbons (Fsp3) is 0.300. The summed E-state index contributed by atoms with van der Waals surface area (Å²) in [6.45, 7) is 4.67. The Labute approximate surface area is 145 Å². The van der Waals surface area contributed by atoms with Crippen LogP contribution in [0.4, 0.5) is 0 Å². The Bertz CT molecular complexity index is 621. The van der Waals surface area contributed by atoms with E-state index < -0.39 is 0 Å². The summed E-state index contributed by atoms with van der Waals surface area (Å²) in [4.78, 5) is 0. The van der Waals surface area contributed by atoms with Crippen LogP contribution < -0.4 is 10.5 Å². The fourth-order valence-corrected chi connectivity index (χ4v) is 2.04. The topological polar surface area (TPSA) is 35.2 Å². The standard InChI is InChI=1S/C19H21NO.CH4S/c1-3-21-19-12-10-17(11-13-19)5-4-16-6-8-18(9-7-16)14-15(2)20;1-2/h6-13,15H,3,14,20H2,1-2H3;2H,1H3. The molecule has 2 aromatic carbocycles. The summed E-state index contributed by atoms with van der Waals surface area (Å²) in [6, 6.07) is 16.3.